The zero-order valence-corrected chi connectivity index (χ0v) is 6.79. The minimum absolute atomic E-state index is 0.860. The second kappa shape index (κ2) is 5.49. The summed E-state index contributed by atoms with van der Waals surface area (Å²) in [5.41, 5.74) is 0. The van der Waals surface area contributed by atoms with E-state index < -0.39 is 0 Å². The van der Waals surface area contributed by atoms with Crippen LogP contribution in [0.3, 0.4) is 0 Å². The van der Waals surface area contributed by atoms with Crippen LogP contribution < -0.4 is 0 Å². The van der Waals surface area contributed by atoms with Gasteiger partial charge >= 0.3 is 0 Å². The predicted octanol–water partition coefficient (Wildman–Crippen LogP) is 2.95. The highest BCUT2D eigenvalue weighted by Crippen LogP contribution is 2.10. The van der Waals surface area contributed by atoms with Crippen molar-refractivity contribution in [1.29, 1.82) is 0 Å². The molecule has 0 nitrogen and oxygen atoms in total. The van der Waals surface area contributed by atoms with E-state index in [4.69, 9.17) is 0 Å². The van der Waals surface area contributed by atoms with E-state index in [1.54, 1.807) is 0 Å². The molecule has 0 aromatic heterocycles. The van der Waals surface area contributed by atoms with E-state index in [1.807, 2.05) is 11.8 Å². The highest BCUT2D eigenvalue weighted by atomic mass is 32.2. The minimum Gasteiger partial charge on any atom is -0.161 e. The SMILES string of the molecule is CS[CH]CCC(C)C. The molecule has 0 aliphatic heterocycles. The molecule has 0 amide bonds. The fraction of sp³-hybridized carbons (Fsp3) is 0.857. The maximum Gasteiger partial charge on any atom is 0.0163 e. The molecule has 0 saturated carbocycles. The van der Waals surface area contributed by atoms with Crippen molar-refractivity contribution in [3.05, 3.63) is 5.75 Å². The summed E-state index contributed by atoms with van der Waals surface area (Å²) in [7, 11) is 0. The van der Waals surface area contributed by atoms with E-state index >= 15 is 0 Å². The summed E-state index contributed by atoms with van der Waals surface area (Å²) in [4.78, 5) is 0. The Kier molecular flexibility index (Phi) is 5.73. The highest BCUT2D eigenvalue weighted by molar-refractivity contribution is 8.00. The first-order chi connectivity index (χ1) is 3.77. The molecule has 0 fully saturated rings. The van der Waals surface area contributed by atoms with Crippen LogP contribution in [0.15, 0.2) is 0 Å². The average molecular weight is 131 g/mol. The second-order valence-electron chi connectivity index (χ2n) is 2.37. The normalized spacial score (nSPS) is 10.5. The molecule has 0 atom stereocenters. The van der Waals surface area contributed by atoms with Gasteiger partial charge in [-0.3, -0.25) is 0 Å². The van der Waals surface area contributed by atoms with Crippen LogP contribution >= 0.6 is 11.8 Å². The van der Waals surface area contributed by atoms with Crippen LogP contribution in [-0.2, 0) is 0 Å². The van der Waals surface area contributed by atoms with Gasteiger partial charge in [-0.2, -0.15) is 11.8 Å². The van der Waals surface area contributed by atoms with Crippen molar-refractivity contribution in [3.8, 4) is 0 Å². The monoisotopic (exact) mass is 131 g/mol. The lowest BCUT2D eigenvalue weighted by Gasteiger charge is -2.00. The van der Waals surface area contributed by atoms with Crippen LogP contribution in [0.25, 0.3) is 0 Å². The van der Waals surface area contributed by atoms with E-state index in [2.05, 4.69) is 25.9 Å². The lowest BCUT2D eigenvalue weighted by Crippen LogP contribution is -1.84. The molecule has 0 aliphatic rings. The van der Waals surface area contributed by atoms with Gasteiger partial charge in [0.15, 0.2) is 0 Å². The molecule has 0 rings (SSSR count). The van der Waals surface area contributed by atoms with Gasteiger partial charge in [0, 0.05) is 5.75 Å². The Morgan fingerprint density at radius 1 is 1.50 bits per heavy atom. The fourth-order valence-electron chi connectivity index (χ4n) is 0.519. The Morgan fingerprint density at radius 3 is 2.50 bits per heavy atom. The maximum atomic E-state index is 2.26. The van der Waals surface area contributed by atoms with Crippen LogP contribution in [0.1, 0.15) is 26.7 Å². The molecule has 0 saturated heterocycles. The Morgan fingerprint density at radius 2 is 2.12 bits per heavy atom. The zero-order valence-electron chi connectivity index (χ0n) is 5.98. The molecular weight excluding hydrogens is 116 g/mol. The molecule has 0 N–H and O–H groups in total. The Balaban J connectivity index is 2.72. The van der Waals surface area contributed by atoms with Gasteiger partial charge in [0.2, 0.25) is 0 Å². The predicted molar refractivity (Wildman–Crippen MR) is 41.9 cm³/mol. The minimum atomic E-state index is 0.860. The van der Waals surface area contributed by atoms with Gasteiger partial charge in [0.1, 0.15) is 0 Å². The third-order valence-corrected chi connectivity index (χ3v) is 1.60. The van der Waals surface area contributed by atoms with Crippen LogP contribution in [0, 0.1) is 11.7 Å². The second-order valence-corrected chi connectivity index (χ2v) is 3.18. The van der Waals surface area contributed by atoms with Crippen LogP contribution in [0.4, 0.5) is 0 Å². The van der Waals surface area contributed by atoms with Crippen molar-refractivity contribution in [3.63, 3.8) is 0 Å². The first-order valence-electron chi connectivity index (χ1n) is 3.12. The van der Waals surface area contributed by atoms with Crippen LogP contribution in [-0.4, -0.2) is 6.26 Å². The third kappa shape index (κ3) is 6.35. The molecule has 1 radical (unpaired) electrons. The molecular formula is C7H15S. The van der Waals surface area contributed by atoms with E-state index in [-0.39, 0.29) is 0 Å². The van der Waals surface area contributed by atoms with Crippen molar-refractivity contribution < 1.29 is 0 Å². The smallest absolute Gasteiger partial charge is 0.0163 e. The molecule has 0 aliphatic carbocycles. The molecule has 0 spiro atoms. The number of thioether (sulfide) groups is 1. The quantitative estimate of drug-likeness (QED) is 0.529. The summed E-state index contributed by atoms with van der Waals surface area (Å²) in [5.74, 6) is 3.12. The number of hydrogen-bond acceptors (Lipinski definition) is 1. The Bertz CT molecular complexity index is 41.7. The summed E-state index contributed by atoms with van der Waals surface area (Å²) >= 11 is 1.82. The van der Waals surface area contributed by atoms with Crippen molar-refractivity contribution in [2.75, 3.05) is 6.26 Å². The van der Waals surface area contributed by atoms with Gasteiger partial charge in [-0.25, -0.2) is 0 Å². The van der Waals surface area contributed by atoms with Crippen molar-refractivity contribution in [2.45, 2.75) is 26.7 Å². The van der Waals surface area contributed by atoms with Crippen molar-refractivity contribution in [1.82, 2.24) is 0 Å². The Labute approximate surface area is 57.1 Å². The van der Waals surface area contributed by atoms with Crippen LogP contribution in [0.2, 0.25) is 0 Å². The fourth-order valence-corrected chi connectivity index (χ4v) is 0.891. The summed E-state index contributed by atoms with van der Waals surface area (Å²) < 4.78 is 0. The summed E-state index contributed by atoms with van der Waals surface area (Å²) in [5, 5.41) is 0. The molecule has 49 valence electrons. The van der Waals surface area contributed by atoms with Crippen molar-refractivity contribution >= 4 is 11.8 Å². The summed E-state index contributed by atoms with van der Waals surface area (Å²) in [6.07, 6.45) is 4.71. The summed E-state index contributed by atoms with van der Waals surface area (Å²) in [6.45, 7) is 4.52. The van der Waals surface area contributed by atoms with Gasteiger partial charge in [-0.15, -0.1) is 0 Å². The molecule has 0 unspecified atom stereocenters. The number of hydrogen-bond donors (Lipinski definition) is 0. The van der Waals surface area contributed by atoms with Gasteiger partial charge < -0.3 is 0 Å². The molecule has 0 bridgehead atoms. The van der Waals surface area contributed by atoms with Crippen LogP contribution in [0.5, 0.6) is 0 Å². The topological polar surface area (TPSA) is 0 Å². The molecule has 0 aromatic rings. The lowest BCUT2D eigenvalue weighted by atomic mass is 10.1. The highest BCUT2D eigenvalue weighted by Gasteiger charge is 1.91. The lowest BCUT2D eigenvalue weighted by molar-refractivity contribution is 0.591. The van der Waals surface area contributed by atoms with Gasteiger partial charge in [-0.05, 0) is 25.0 Å². The maximum absolute atomic E-state index is 2.26. The molecule has 8 heavy (non-hydrogen) atoms. The van der Waals surface area contributed by atoms with Crippen molar-refractivity contribution in [2.24, 2.45) is 5.92 Å². The van der Waals surface area contributed by atoms with E-state index in [0.29, 0.717) is 0 Å². The third-order valence-electron chi connectivity index (χ3n) is 1.03. The Hall–Kier alpha value is 0.350. The summed E-state index contributed by atoms with van der Waals surface area (Å²) in [6, 6.07) is 0. The van der Waals surface area contributed by atoms with Gasteiger partial charge in [-0.1, -0.05) is 13.8 Å². The largest absolute Gasteiger partial charge is 0.161 e. The standard InChI is InChI=1S/C7H15S/c1-7(2)5-4-6-8-3/h6-7H,4-5H2,1-3H3. The van der Waals surface area contributed by atoms with Gasteiger partial charge in [0.25, 0.3) is 0 Å². The average Bonchev–Trinajstić information content (AvgIpc) is 1.66. The molecule has 1 heteroatoms. The molecule has 0 heterocycles. The first-order valence-corrected chi connectivity index (χ1v) is 4.40. The first kappa shape index (κ1) is 8.35. The van der Waals surface area contributed by atoms with E-state index in [0.717, 1.165) is 5.92 Å². The zero-order chi connectivity index (χ0) is 6.41. The number of rotatable bonds is 4. The van der Waals surface area contributed by atoms with E-state index in [9.17, 15) is 0 Å². The van der Waals surface area contributed by atoms with Gasteiger partial charge in [0.05, 0.1) is 0 Å². The van der Waals surface area contributed by atoms with E-state index in [1.165, 1.54) is 12.8 Å². The molecule has 0 aromatic carbocycles.